The number of halogens is 1. The molecule has 0 saturated carbocycles. The van der Waals surface area contributed by atoms with Gasteiger partial charge in [-0.3, -0.25) is 4.79 Å². The molecule has 154 valence electrons. The second-order valence-electron chi connectivity index (χ2n) is 7.18. The number of benzene rings is 2. The Morgan fingerprint density at radius 2 is 1.76 bits per heavy atom. The normalized spacial score (nSPS) is 14.5. The lowest BCUT2D eigenvalue weighted by Gasteiger charge is -2.15. The lowest BCUT2D eigenvalue weighted by Crippen LogP contribution is -2.26. The molecule has 29 heavy (non-hydrogen) atoms. The van der Waals surface area contributed by atoms with Gasteiger partial charge < -0.3 is 4.74 Å². The van der Waals surface area contributed by atoms with Crippen LogP contribution in [-0.4, -0.2) is 44.7 Å². The highest BCUT2D eigenvalue weighted by atomic mass is 32.2. The van der Waals surface area contributed by atoms with Crippen LogP contribution in [0.4, 0.5) is 4.39 Å². The molecule has 2 aromatic carbocycles. The fraction of sp³-hybridized carbons (Fsp3) is 0.333. The highest BCUT2D eigenvalue weighted by molar-refractivity contribution is 7.89. The number of ketones is 1. The zero-order chi connectivity index (χ0) is 21.3. The molecule has 0 fully saturated rings. The lowest BCUT2D eigenvalue weighted by molar-refractivity contribution is 0.0314. The number of rotatable bonds is 6. The number of ether oxygens (including phenoxy) is 1. The van der Waals surface area contributed by atoms with E-state index in [1.54, 1.807) is 12.1 Å². The van der Waals surface area contributed by atoms with Crippen LogP contribution in [-0.2, 0) is 27.6 Å². The maximum atomic E-state index is 14.1. The van der Waals surface area contributed by atoms with Crippen molar-refractivity contribution in [3.63, 3.8) is 0 Å². The van der Waals surface area contributed by atoms with Gasteiger partial charge in [0, 0.05) is 19.7 Å². The summed E-state index contributed by atoms with van der Waals surface area (Å²) >= 11 is 0. The summed E-state index contributed by atoms with van der Waals surface area (Å²) in [7, 11) is -1.20. The Labute approximate surface area is 169 Å². The van der Waals surface area contributed by atoms with Crippen LogP contribution in [0.15, 0.2) is 41.3 Å². The van der Waals surface area contributed by atoms with Crippen LogP contribution in [0.3, 0.4) is 0 Å². The number of carbonyl (C=O) groups excluding carboxylic acids is 2. The van der Waals surface area contributed by atoms with Gasteiger partial charge in [0.05, 0.1) is 10.5 Å². The number of hydrogen-bond acceptors (Lipinski definition) is 5. The van der Waals surface area contributed by atoms with Gasteiger partial charge in [0.1, 0.15) is 5.82 Å². The SMILES string of the molecule is C[C@@H](OC(=O)c1cc(S(=O)(=O)N(C)C)ccc1F)C(=O)c1ccc2c(c1)CCC2. The van der Waals surface area contributed by atoms with Gasteiger partial charge in [0.25, 0.3) is 0 Å². The first-order valence-electron chi connectivity index (χ1n) is 9.20. The summed E-state index contributed by atoms with van der Waals surface area (Å²) in [5, 5.41) is 0. The summed E-state index contributed by atoms with van der Waals surface area (Å²) in [6.45, 7) is 1.41. The molecule has 0 aliphatic heterocycles. The summed E-state index contributed by atoms with van der Waals surface area (Å²) in [5.41, 5.74) is 2.21. The average Bonchev–Trinajstić information content (AvgIpc) is 3.15. The number of hydrogen-bond donors (Lipinski definition) is 0. The molecule has 0 amide bonds. The first-order valence-corrected chi connectivity index (χ1v) is 10.6. The topological polar surface area (TPSA) is 80.8 Å². The largest absolute Gasteiger partial charge is 0.451 e. The fourth-order valence-electron chi connectivity index (χ4n) is 3.27. The molecule has 1 aliphatic rings. The number of nitrogens with zero attached hydrogens (tertiary/aromatic N) is 1. The Kier molecular flexibility index (Phi) is 5.86. The lowest BCUT2D eigenvalue weighted by atomic mass is 10.0. The zero-order valence-corrected chi connectivity index (χ0v) is 17.3. The van der Waals surface area contributed by atoms with E-state index in [4.69, 9.17) is 4.74 Å². The van der Waals surface area contributed by atoms with Gasteiger partial charge in [-0.2, -0.15) is 0 Å². The smallest absolute Gasteiger partial charge is 0.341 e. The van der Waals surface area contributed by atoms with Crippen LogP contribution in [0.5, 0.6) is 0 Å². The Morgan fingerprint density at radius 1 is 1.07 bits per heavy atom. The van der Waals surface area contributed by atoms with Crippen molar-refractivity contribution >= 4 is 21.8 Å². The van der Waals surface area contributed by atoms with E-state index in [0.29, 0.717) is 5.56 Å². The summed E-state index contributed by atoms with van der Waals surface area (Å²) in [6, 6.07) is 8.28. The predicted octanol–water partition coefficient (Wildman–Crippen LogP) is 2.99. The molecule has 0 heterocycles. The van der Waals surface area contributed by atoms with Gasteiger partial charge in [0.2, 0.25) is 15.8 Å². The van der Waals surface area contributed by atoms with Crippen LogP contribution in [0.25, 0.3) is 0 Å². The van der Waals surface area contributed by atoms with Crippen molar-refractivity contribution in [2.75, 3.05) is 14.1 Å². The molecule has 0 saturated heterocycles. The minimum atomic E-state index is -3.85. The van der Waals surface area contributed by atoms with Crippen molar-refractivity contribution in [2.45, 2.75) is 37.2 Å². The van der Waals surface area contributed by atoms with Crippen LogP contribution in [0.1, 0.15) is 45.2 Å². The van der Waals surface area contributed by atoms with E-state index in [1.807, 2.05) is 6.07 Å². The van der Waals surface area contributed by atoms with E-state index in [-0.39, 0.29) is 4.90 Å². The van der Waals surface area contributed by atoms with Crippen molar-refractivity contribution in [1.82, 2.24) is 4.31 Å². The van der Waals surface area contributed by atoms with Crippen LogP contribution < -0.4 is 0 Å². The maximum Gasteiger partial charge on any atom is 0.341 e. The standard InChI is InChI=1S/C21H22FNO5S/c1-13(20(24)16-8-7-14-5-4-6-15(14)11-16)28-21(25)18-12-17(9-10-19(18)22)29(26,27)23(2)3/h7-13H,4-6H2,1-3H3/t13-/m1/s1. The molecule has 6 nitrogen and oxygen atoms in total. The van der Waals surface area contributed by atoms with Crippen molar-refractivity contribution in [2.24, 2.45) is 0 Å². The number of Topliss-reactive ketones (excluding diaryl/α,β-unsaturated/α-hetero) is 1. The maximum absolute atomic E-state index is 14.1. The van der Waals surface area contributed by atoms with Gasteiger partial charge in [-0.25, -0.2) is 21.9 Å². The van der Waals surface area contributed by atoms with E-state index < -0.39 is 39.3 Å². The molecule has 0 unspecified atom stereocenters. The Bertz CT molecular complexity index is 1080. The van der Waals surface area contributed by atoms with Crippen molar-refractivity contribution in [3.05, 3.63) is 64.5 Å². The van der Waals surface area contributed by atoms with Gasteiger partial charge in [-0.15, -0.1) is 0 Å². The second-order valence-corrected chi connectivity index (χ2v) is 9.33. The van der Waals surface area contributed by atoms with Crippen molar-refractivity contribution in [1.29, 1.82) is 0 Å². The molecule has 0 bridgehead atoms. The van der Waals surface area contributed by atoms with Gasteiger partial charge in [-0.1, -0.05) is 12.1 Å². The van der Waals surface area contributed by atoms with E-state index in [9.17, 15) is 22.4 Å². The van der Waals surface area contributed by atoms with Crippen LogP contribution in [0.2, 0.25) is 0 Å². The number of sulfonamides is 1. The molecule has 3 rings (SSSR count). The molecule has 1 aliphatic carbocycles. The molecule has 1 atom stereocenters. The van der Waals surface area contributed by atoms with E-state index >= 15 is 0 Å². The highest BCUT2D eigenvalue weighted by Gasteiger charge is 2.26. The first-order chi connectivity index (χ1) is 13.6. The number of aryl methyl sites for hydroxylation is 2. The Balaban J connectivity index is 1.80. The second kappa shape index (κ2) is 8.04. The van der Waals surface area contributed by atoms with Gasteiger partial charge in [0.15, 0.2) is 6.10 Å². The minimum absolute atomic E-state index is 0.242. The summed E-state index contributed by atoms with van der Waals surface area (Å²) in [6.07, 6.45) is 1.79. The molecular formula is C21H22FNO5S. The third-order valence-corrected chi connectivity index (χ3v) is 6.78. The molecule has 0 N–H and O–H groups in total. The average molecular weight is 419 g/mol. The molecule has 0 spiro atoms. The van der Waals surface area contributed by atoms with Crippen LogP contribution >= 0.6 is 0 Å². The monoisotopic (exact) mass is 419 g/mol. The number of esters is 1. The van der Waals surface area contributed by atoms with Crippen molar-refractivity contribution < 1.29 is 27.1 Å². The fourth-order valence-corrected chi connectivity index (χ4v) is 4.20. The van der Waals surface area contributed by atoms with Crippen molar-refractivity contribution in [3.8, 4) is 0 Å². The third-order valence-electron chi connectivity index (χ3n) is 4.97. The molecule has 2 aromatic rings. The first kappa shape index (κ1) is 21.1. The summed E-state index contributed by atoms with van der Waals surface area (Å²) < 4.78 is 44.7. The Hall–Kier alpha value is -2.58. The Morgan fingerprint density at radius 3 is 2.45 bits per heavy atom. The van der Waals surface area contributed by atoms with Crippen LogP contribution in [0, 0.1) is 5.82 Å². The zero-order valence-electron chi connectivity index (χ0n) is 16.4. The minimum Gasteiger partial charge on any atom is -0.451 e. The molecule has 0 radical (unpaired) electrons. The molecule has 8 heteroatoms. The van der Waals surface area contributed by atoms with E-state index in [0.717, 1.165) is 47.3 Å². The van der Waals surface area contributed by atoms with E-state index in [1.165, 1.54) is 26.6 Å². The van der Waals surface area contributed by atoms with E-state index in [2.05, 4.69) is 0 Å². The summed E-state index contributed by atoms with van der Waals surface area (Å²) in [4.78, 5) is 24.8. The number of fused-ring (bicyclic) bond motifs is 1. The molecular weight excluding hydrogens is 397 g/mol. The number of carbonyl (C=O) groups is 2. The quantitative estimate of drug-likeness (QED) is 0.531. The predicted molar refractivity (Wildman–Crippen MR) is 105 cm³/mol. The third kappa shape index (κ3) is 4.23. The summed E-state index contributed by atoms with van der Waals surface area (Å²) in [5.74, 6) is -2.42. The van der Waals surface area contributed by atoms with Gasteiger partial charge >= 0.3 is 5.97 Å². The molecule has 0 aromatic heterocycles. The highest BCUT2D eigenvalue weighted by Crippen LogP contribution is 2.24. The van der Waals surface area contributed by atoms with Gasteiger partial charge in [-0.05, 0) is 61.6 Å².